The van der Waals surface area contributed by atoms with Crippen molar-refractivity contribution in [2.75, 3.05) is 14.2 Å². The molecule has 1 aliphatic carbocycles. The Labute approximate surface area is 104 Å². The first-order valence-electron chi connectivity index (χ1n) is 6.56. The van der Waals surface area contributed by atoms with Gasteiger partial charge in [0.05, 0.1) is 7.11 Å². The number of hydrogen-bond acceptors (Lipinski definition) is 2. The molecule has 0 unspecified atom stereocenters. The van der Waals surface area contributed by atoms with Crippen LogP contribution < -0.4 is 10.1 Å². The van der Waals surface area contributed by atoms with E-state index in [9.17, 15) is 0 Å². The summed E-state index contributed by atoms with van der Waals surface area (Å²) in [7, 11) is 3.84. The molecule has 94 valence electrons. The van der Waals surface area contributed by atoms with Gasteiger partial charge in [-0.3, -0.25) is 0 Å². The van der Waals surface area contributed by atoms with E-state index in [0.29, 0.717) is 0 Å². The highest BCUT2D eigenvalue weighted by molar-refractivity contribution is 5.42. The van der Waals surface area contributed by atoms with Gasteiger partial charge in [-0.1, -0.05) is 37.0 Å². The van der Waals surface area contributed by atoms with Crippen LogP contribution in [0.1, 0.15) is 43.2 Å². The third-order valence-corrected chi connectivity index (χ3v) is 4.06. The minimum Gasteiger partial charge on any atom is -0.496 e. The number of rotatable bonds is 3. The second-order valence-corrected chi connectivity index (χ2v) is 5.10. The molecule has 17 heavy (non-hydrogen) atoms. The van der Waals surface area contributed by atoms with Crippen molar-refractivity contribution in [1.29, 1.82) is 0 Å². The molecular weight excluding hydrogens is 210 g/mol. The van der Waals surface area contributed by atoms with Gasteiger partial charge >= 0.3 is 0 Å². The minimum atomic E-state index is 0.121. The zero-order chi connectivity index (χ0) is 12.3. The zero-order valence-electron chi connectivity index (χ0n) is 11.2. The van der Waals surface area contributed by atoms with Crippen LogP contribution in [-0.2, 0) is 5.54 Å². The lowest BCUT2D eigenvalue weighted by Crippen LogP contribution is -2.42. The molecule has 2 heteroatoms. The van der Waals surface area contributed by atoms with Crippen molar-refractivity contribution in [3.05, 3.63) is 29.3 Å². The topological polar surface area (TPSA) is 21.3 Å². The lowest BCUT2D eigenvalue weighted by Gasteiger charge is -2.38. The van der Waals surface area contributed by atoms with Crippen molar-refractivity contribution < 1.29 is 4.74 Å². The van der Waals surface area contributed by atoms with Crippen molar-refractivity contribution in [2.24, 2.45) is 0 Å². The Morgan fingerprint density at radius 3 is 2.47 bits per heavy atom. The van der Waals surface area contributed by atoms with Crippen LogP contribution in [0.4, 0.5) is 0 Å². The van der Waals surface area contributed by atoms with Gasteiger partial charge in [0.1, 0.15) is 5.75 Å². The van der Waals surface area contributed by atoms with Crippen molar-refractivity contribution in [2.45, 2.75) is 44.6 Å². The third kappa shape index (κ3) is 2.32. The normalized spacial score (nSPS) is 19.0. The highest BCUT2D eigenvalue weighted by Crippen LogP contribution is 2.41. The summed E-state index contributed by atoms with van der Waals surface area (Å²) in [6, 6.07) is 6.49. The molecule has 0 amide bonds. The van der Waals surface area contributed by atoms with E-state index in [0.717, 1.165) is 5.75 Å². The SMILES string of the molecule is CNC1(c2cc(C)ccc2OC)CCCCC1. The number of methoxy groups -OCH3 is 1. The van der Waals surface area contributed by atoms with E-state index in [2.05, 4.69) is 37.5 Å². The summed E-state index contributed by atoms with van der Waals surface area (Å²) in [5.74, 6) is 1.02. The molecule has 2 rings (SSSR count). The number of aryl methyl sites for hydroxylation is 1. The van der Waals surface area contributed by atoms with Gasteiger partial charge < -0.3 is 10.1 Å². The Hall–Kier alpha value is -1.02. The number of benzene rings is 1. The fraction of sp³-hybridized carbons (Fsp3) is 0.600. The predicted molar refractivity (Wildman–Crippen MR) is 71.6 cm³/mol. The maximum atomic E-state index is 5.54. The van der Waals surface area contributed by atoms with Crippen molar-refractivity contribution in [1.82, 2.24) is 5.32 Å². The van der Waals surface area contributed by atoms with E-state index in [1.807, 2.05) is 0 Å². The van der Waals surface area contributed by atoms with E-state index in [-0.39, 0.29) is 5.54 Å². The molecule has 1 aliphatic rings. The van der Waals surface area contributed by atoms with Crippen LogP contribution in [0.2, 0.25) is 0 Å². The van der Waals surface area contributed by atoms with E-state index in [1.54, 1.807) is 7.11 Å². The van der Waals surface area contributed by atoms with Crippen LogP contribution in [0, 0.1) is 6.92 Å². The third-order valence-electron chi connectivity index (χ3n) is 4.06. The summed E-state index contributed by atoms with van der Waals surface area (Å²) in [6.07, 6.45) is 6.39. The highest BCUT2D eigenvalue weighted by Gasteiger charge is 2.34. The van der Waals surface area contributed by atoms with Crippen LogP contribution in [0.25, 0.3) is 0 Å². The maximum Gasteiger partial charge on any atom is 0.123 e. The first-order chi connectivity index (χ1) is 8.22. The van der Waals surface area contributed by atoms with Crippen LogP contribution in [0.5, 0.6) is 5.75 Å². The molecule has 1 aromatic carbocycles. The summed E-state index contributed by atoms with van der Waals surface area (Å²) >= 11 is 0. The standard InChI is InChI=1S/C15H23NO/c1-12-7-8-14(17-3)13(11-12)15(16-2)9-5-4-6-10-15/h7-8,11,16H,4-6,9-10H2,1-3H3. The molecule has 0 saturated heterocycles. The smallest absolute Gasteiger partial charge is 0.123 e. The van der Waals surface area contributed by atoms with Crippen molar-refractivity contribution in [3.8, 4) is 5.75 Å². The summed E-state index contributed by atoms with van der Waals surface area (Å²) in [4.78, 5) is 0. The second kappa shape index (κ2) is 5.09. The van der Waals surface area contributed by atoms with Crippen LogP contribution in [0.15, 0.2) is 18.2 Å². The Bertz CT molecular complexity index is 381. The molecule has 0 atom stereocenters. The summed E-state index contributed by atoms with van der Waals surface area (Å²) in [5, 5.41) is 3.56. The van der Waals surface area contributed by atoms with Crippen molar-refractivity contribution in [3.63, 3.8) is 0 Å². The van der Waals surface area contributed by atoms with Gasteiger partial charge in [-0.05, 0) is 32.9 Å². The number of hydrogen-bond donors (Lipinski definition) is 1. The molecule has 0 radical (unpaired) electrons. The van der Waals surface area contributed by atoms with Gasteiger partial charge in [-0.2, -0.15) is 0 Å². The monoisotopic (exact) mass is 233 g/mol. The first kappa shape index (κ1) is 12.4. The first-order valence-corrected chi connectivity index (χ1v) is 6.56. The molecule has 2 nitrogen and oxygen atoms in total. The second-order valence-electron chi connectivity index (χ2n) is 5.10. The Balaban J connectivity index is 2.44. The van der Waals surface area contributed by atoms with Crippen LogP contribution >= 0.6 is 0 Å². The molecule has 1 saturated carbocycles. The molecule has 1 fully saturated rings. The van der Waals surface area contributed by atoms with Crippen molar-refractivity contribution >= 4 is 0 Å². The minimum absolute atomic E-state index is 0.121. The Morgan fingerprint density at radius 2 is 1.88 bits per heavy atom. The molecule has 0 heterocycles. The van der Waals surface area contributed by atoms with Gasteiger partial charge in [-0.15, -0.1) is 0 Å². The van der Waals surface area contributed by atoms with Gasteiger partial charge in [0.15, 0.2) is 0 Å². The molecule has 0 aliphatic heterocycles. The van der Waals surface area contributed by atoms with Gasteiger partial charge in [0, 0.05) is 11.1 Å². The van der Waals surface area contributed by atoms with E-state index >= 15 is 0 Å². The number of ether oxygens (including phenoxy) is 1. The van der Waals surface area contributed by atoms with Gasteiger partial charge in [-0.25, -0.2) is 0 Å². The van der Waals surface area contributed by atoms with E-state index < -0.39 is 0 Å². The maximum absolute atomic E-state index is 5.54. The van der Waals surface area contributed by atoms with Crippen LogP contribution in [-0.4, -0.2) is 14.2 Å². The zero-order valence-corrected chi connectivity index (χ0v) is 11.2. The summed E-state index contributed by atoms with van der Waals surface area (Å²) in [5.41, 5.74) is 2.76. The lowest BCUT2D eigenvalue weighted by atomic mass is 9.76. The predicted octanol–water partition coefficient (Wildman–Crippen LogP) is 3.38. The molecule has 1 aromatic rings. The highest BCUT2D eigenvalue weighted by atomic mass is 16.5. The van der Waals surface area contributed by atoms with E-state index in [4.69, 9.17) is 4.74 Å². The van der Waals surface area contributed by atoms with Gasteiger partial charge in [0.2, 0.25) is 0 Å². The molecule has 0 aromatic heterocycles. The molecule has 1 N–H and O–H groups in total. The Kier molecular flexibility index (Phi) is 3.72. The largest absolute Gasteiger partial charge is 0.496 e. The number of nitrogens with one attached hydrogen (secondary N) is 1. The van der Waals surface area contributed by atoms with Gasteiger partial charge in [0.25, 0.3) is 0 Å². The molecular formula is C15H23NO. The fourth-order valence-corrected chi connectivity index (χ4v) is 3.01. The quantitative estimate of drug-likeness (QED) is 0.864. The summed E-state index contributed by atoms with van der Waals surface area (Å²) in [6.45, 7) is 2.15. The Morgan fingerprint density at radius 1 is 1.18 bits per heavy atom. The molecule has 0 bridgehead atoms. The van der Waals surface area contributed by atoms with E-state index in [1.165, 1.54) is 43.2 Å². The summed E-state index contributed by atoms with van der Waals surface area (Å²) < 4.78 is 5.54. The average Bonchev–Trinajstić information content (AvgIpc) is 2.39. The average molecular weight is 233 g/mol. The lowest BCUT2D eigenvalue weighted by molar-refractivity contribution is 0.241. The molecule has 0 spiro atoms. The fourth-order valence-electron chi connectivity index (χ4n) is 3.01. The van der Waals surface area contributed by atoms with Crippen LogP contribution in [0.3, 0.4) is 0 Å².